The molecule has 3 fully saturated rings. The van der Waals surface area contributed by atoms with E-state index in [1.165, 1.54) is 107 Å². The van der Waals surface area contributed by atoms with Crippen molar-refractivity contribution in [3.05, 3.63) is 110 Å². The fraction of sp³-hybridized carbons (Fsp3) is 0.642. The summed E-state index contributed by atoms with van der Waals surface area (Å²) in [5, 5.41) is 15.6. The van der Waals surface area contributed by atoms with Crippen molar-refractivity contribution < 1.29 is 98.7 Å². The average molecular weight is 1320 g/mol. The van der Waals surface area contributed by atoms with E-state index in [4.69, 9.17) is 29.1 Å². The SMILES string of the molecule is CC.CC.CCCc1cc(OCc2ccccc2)n(CC2CCCCC2)n1.CN(CC1=NN(CC2CCCCC2)C(=O)C1)C(=O)OC(C)(C)C.CN(Cc1cc(OCc2ccccc2)n(CC2CCCCC2)n1)C(=O)OC(C)(C)C.[CH3-].[CH3-].[Y].[Y]. The van der Waals surface area contributed by atoms with Crippen LogP contribution in [0.1, 0.15) is 208 Å². The van der Waals surface area contributed by atoms with Crippen LogP contribution >= 0.6 is 0 Å². The van der Waals surface area contributed by atoms with Crippen LogP contribution in [0.25, 0.3) is 0 Å². The minimum absolute atomic E-state index is 0. The maximum Gasteiger partial charge on any atom is 0.410 e. The molecule has 468 valence electrons. The molecule has 2 aromatic heterocycles. The third-order valence-electron chi connectivity index (χ3n) is 14.2. The Labute approximate surface area is 560 Å². The number of aromatic nitrogens is 4. The molecule has 0 atom stereocenters. The molecule has 0 N–H and O–H groups in total. The Morgan fingerprint density at radius 1 is 0.560 bits per heavy atom. The van der Waals surface area contributed by atoms with Crippen LogP contribution < -0.4 is 9.47 Å². The average Bonchev–Trinajstić information content (AvgIpc) is 4.26. The molecule has 8 rings (SSSR count). The summed E-state index contributed by atoms with van der Waals surface area (Å²) < 4.78 is 27.1. The van der Waals surface area contributed by atoms with E-state index in [-0.39, 0.29) is 92.3 Å². The van der Waals surface area contributed by atoms with E-state index < -0.39 is 17.3 Å². The van der Waals surface area contributed by atoms with E-state index in [0.29, 0.717) is 44.6 Å². The molecule has 0 unspecified atom stereocenters. The molecular weight excluding hydrogens is 1210 g/mol. The second kappa shape index (κ2) is 43.1. The van der Waals surface area contributed by atoms with Crippen molar-refractivity contribution in [2.75, 3.05) is 27.2 Å². The molecule has 3 aliphatic carbocycles. The molecule has 3 heterocycles. The van der Waals surface area contributed by atoms with Crippen LogP contribution in [0.3, 0.4) is 0 Å². The zero-order chi connectivity index (χ0) is 58.5. The van der Waals surface area contributed by atoms with Crippen molar-refractivity contribution in [1.29, 1.82) is 0 Å². The van der Waals surface area contributed by atoms with Crippen molar-refractivity contribution in [2.45, 2.75) is 236 Å². The molecule has 0 saturated heterocycles. The number of aryl methyl sites for hydroxylation is 1. The standard InChI is InChI=1S/C24H35N3O3.C20H28N2O.C17H29N3O3.2C2H6.2CH3.2Y/c1-24(2,3)30-23(28)26(4)17-21-15-22(29-18-20-13-9-6-10-14-20)27(25-21)16-19-11-7-5-8-12-19;1-2-9-19-14-20(23-16-18-12-7-4-8-13-18)22(21-19)15-17-10-5-3-6-11-17;1-17(2,3)23-16(22)19(4)12-14-10-15(21)20(18-14)11-13-8-6-5-7-9-13;2*1-2;;;;/h6,9-10,13-15,19H,5,7-8,11-12,16-18H2,1-4H3;4,7-8,12-14,17H,2-3,5-6,9-11,15-16H2,1H3;13H,5-12H2,1-4H3;2*1-2H3;2*1H3;;/q;;;;;2*-1;;. The number of carbonyl (C=O) groups is 3. The number of hydrogen-bond acceptors (Lipinski definition) is 10. The third kappa shape index (κ3) is 30.8. The van der Waals surface area contributed by atoms with Gasteiger partial charge in [0.05, 0.1) is 36.6 Å². The van der Waals surface area contributed by atoms with Crippen LogP contribution in [-0.2, 0) is 119 Å². The zero-order valence-corrected chi connectivity index (χ0v) is 60.6. The molecular formula is C67H110N8O7Y2-2. The molecule has 84 heavy (non-hydrogen) atoms. The van der Waals surface area contributed by atoms with Gasteiger partial charge in [0.1, 0.15) is 24.4 Å². The van der Waals surface area contributed by atoms with Crippen molar-refractivity contribution in [3.8, 4) is 11.8 Å². The van der Waals surface area contributed by atoms with Crippen LogP contribution in [0.15, 0.2) is 77.9 Å². The molecule has 0 spiro atoms. The maximum atomic E-state index is 12.3. The summed E-state index contributed by atoms with van der Waals surface area (Å²) in [6.07, 6.45) is 21.1. The topological polar surface area (TPSA) is 146 Å². The summed E-state index contributed by atoms with van der Waals surface area (Å²) in [5.41, 5.74) is 3.99. The Hall–Kier alpha value is -3.65. The van der Waals surface area contributed by atoms with Gasteiger partial charge in [-0.2, -0.15) is 15.3 Å². The van der Waals surface area contributed by atoms with Crippen LogP contribution in [0.4, 0.5) is 9.59 Å². The Morgan fingerprint density at radius 2 is 0.929 bits per heavy atom. The Morgan fingerprint density at radius 3 is 1.32 bits per heavy atom. The quantitative estimate of drug-likeness (QED) is 0.0889. The number of nitrogens with zero attached hydrogens (tertiary/aromatic N) is 8. The number of hydrazone groups is 1. The number of benzene rings is 2. The largest absolute Gasteiger partial charge is 0.473 e. The van der Waals surface area contributed by atoms with Crippen LogP contribution in [0.5, 0.6) is 11.8 Å². The fourth-order valence-corrected chi connectivity index (χ4v) is 10.2. The zero-order valence-electron chi connectivity index (χ0n) is 54.9. The monoisotopic (exact) mass is 1320 g/mol. The predicted molar refractivity (Wildman–Crippen MR) is 336 cm³/mol. The molecule has 3 saturated carbocycles. The normalized spacial score (nSPS) is 15.2. The summed E-state index contributed by atoms with van der Waals surface area (Å²) in [6, 6.07) is 24.6. The first-order valence-corrected chi connectivity index (χ1v) is 30.6. The van der Waals surface area contributed by atoms with Gasteiger partial charge in [-0.1, -0.05) is 159 Å². The van der Waals surface area contributed by atoms with E-state index in [2.05, 4.69) is 59.2 Å². The number of rotatable bonds is 18. The molecule has 2 radical (unpaired) electrons. The van der Waals surface area contributed by atoms with Crippen LogP contribution in [-0.4, -0.2) is 96.6 Å². The second-order valence-electron chi connectivity index (χ2n) is 23.6. The molecule has 15 nitrogen and oxygen atoms in total. The Bertz CT molecular complexity index is 2400. The van der Waals surface area contributed by atoms with E-state index in [0.717, 1.165) is 72.8 Å². The first kappa shape index (κ1) is 80.3. The summed E-state index contributed by atoms with van der Waals surface area (Å²) in [5.74, 6) is 3.70. The van der Waals surface area contributed by atoms with E-state index >= 15 is 0 Å². The van der Waals surface area contributed by atoms with Crippen molar-refractivity contribution in [1.82, 2.24) is 34.4 Å². The molecule has 2 aromatic carbocycles. The molecule has 17 heteroatoms. The van der Waals surface area contributed by atoms with E-state index in [9.17, 15) is 14.4 Å². The van der Waals surface area contributed by atoms with Gasteiger partial charge in [-0.25, -0.2) is 24.0 Å². The number of amides is 3. The van der Waals surface area contributed by atoms with Gasteiger partial charge in [0.2, 0.25) is 17.7 Å². The number of carbonyl (C=O) groups excluding carboxylic acids is 3. The summed E-state index contributed by atoms with van der Waals surface area (Å²) >= 11 is 0. The predicted octanol–water partition coefficient (Wildman–Crippen LogP) is 16.4. The van der Waals surface area contributed by atoms with Gasteiger partial charge in [0.25, 0.3) is 0 Å². The minimum Gasteiger partial charge on any atom is -0.473 e. The van der Waals surface area contributed by atoms with Crippen molar-refractivity contribution in [2.24, 2.45) is 22.9 Å². The second-order valence-corrected chi connectivity index (χ2v) is 23.6. The van der Waals surface area contributed by atoms with Gasteiger partial charge in [0, 0.05) is 111 Å². The third-order valence-corrected chi connectivity index (χ3v) is 14.2. The van der Waals surface area contributed by atoms with Gasteiger partial charge >= 0.3 is 12.2 Å². The minimum atomic E-state index is -0.522. The van der Waals surface area contributed by atoms with Crippen LogP contribution in [0, 0.1) is 32.6 Å². The maximum absolute atomic E-state index is 12.3. The van der Waals surface area contributed by atoms with Crippen LogP contribution in [0.2, 0.25) is 0 Å². The van der Waals surface area contributed by atoms with Crippen molar-refractivity contribution in [3.63, 3.8) is 0 Å². The van der Waals surface area contributed by atoms with Gasteiger partial charge < -0.3 is 43.6 Å². The molecule has 3 amide bonds. The molecule has 4 aliphatic rings. The number of hydrogen-bond donors (Lipinski definition) is 0. The van der Waals surface area contributed by atoms with Gasteiger partial charge in [-0.15, -0.1) is 0 Å². The Kier molecular flexibility index (Phi) is 41.2. The van der Waals surface area contributed by atoms with Crippen molar-refractivity contribution >= 4 is 23.8 Å². The number of ether oxygens (including phenoxy) is 4. The van der Waals surface area contributed by atoms with E-state index in [1.807, 2.05) is 104 Å². The van der Waals surface area contributed by atoms with Gasteiger partial charge in [-0.05, 0) is 115 Å². The summed E-state index contributed by atoms with van der Waals surface area (Å²) in [7, 11) is 3.41. The smallest absolute Gasteiger partial charge is 0.410 e. The van der Waals surface area contributed by atoms with E-state index in [1.54, 1.807) is 24.0 Å². The summed E-state index contributed by atoms with van der Waals surface area (Å²) in [4.78, 5) is 39.4. The molecule has 0 bridgehead atoms. The first-order chi connectivity index (χ1) is 38.4. The Balaban J connectivity index is 0.00000118. The summed E-state index contributed by atoms with van der Waals surface area (Å²) in [6.45, 7) is 25.7. The van der Waals surface area contributed by atoms with Gasteiger partial charge in [-0.3, -0.25) is 4.79 Å². The first-order valence-electron chi connectivity index (χ1n) is 30.6. The molecule has 4 aromatic rings. The van der Waals surface area contributed by atoms with Gasteiger partial charge in [0.15, 0.2) is 0 Å². The molecule has 1 aliphatic heterocycles. The fourth-order valence-electron chi connectivity index (χ4n) is 10.2.